The Kier molecular flexibility index (Phi) is 2.45. The van der Waals surface area contributed by atoms with Crippen molar-refractivity contribution in [3.05, 3.63) is 36.2 Å². The number of Topliss-reactive ketones (excluding diaryl/α,β-unsaturated/α-hetero) is 1. The first-order valence-corrected chi connectivity index (χ1v) is 6.66. The zero-order chi connectivity index (χ0) is 13.5. The van der Waals surface area contributed by atoms with E-state index < -0.39 is 0 Å². The lowest BCUT2D eigenvalue weighted by atomic mass is 10.1. The molecule has 5 nitrogen and oxygen atoms in total. The van der Waals surface area contributed by atoms with Crippen LogP contribution in [0.25, 0.3) is 22.6 Å². The van der Waals surface area contributed by atoms with Gasteiger partial charge in [0, 0.05) is 11.8 Å². The molecular formula is C15H12N2O3. The number of hydrogen-bond acceptors (Lipinski definition) is 5. The first-order chi connectivity index (χ1) is 9.81. The van der Waals surface area contributed by atoms with E-state index in [1.165, 1.54) is 0 Å². The molecule has 1 aliphatic carbocycles. The van der Waals surface area contributed by atoms with E-state index in [0.29, 0.717) is 23.9 Å². The Morgan fingerprint density at radius 1 is 1.25 bits per heavy atom. The van der Waals surface area contributed by atoms with Crippen LogP contribution in [0.3, 0.4) is 0 Å². The van der Waals surface area contributed by atoms with Crippen LogP contribution in [-0.2, 0) is 4.79 Å². The zero-order valence-electron chi connectivity index (χ0n) is 10.7. The van der Waals surface area contributed by atoms with E-state index in [9.17, 15) is 4.79 Å². The van der Waals surface area contributed by atoms with Crippen LogP contribution in [-0.4, -0.2) is 15.9 Å². The fraction of sp³-hybridized carbons (Fsp3) is 0.267. The summed E-state index contributed by atoms with van der Waals surface area (Å²) in [7, 11) is 0. The first kappa shape index (κ1) is 11.4. The van der Waals surface area contributed by atoms with Gasteiger partial charge in [-0.05, 0) is 25.0 Å². The average molecular weight is 268 g/mol. The molecular weight excluding hydrogens is 256 g/mol. The smallest absolute Gasteiger partial charge is 0.238 e. The largest absolute Gasteiger partial charge is 0.453 e. The highest BCUT2D eigenvalue weighted by atomic mass is 16.5. The first-order valence-electron chi connectivity index (χ1n) is 6.66. The molecule has 1 aliphatic rings. The molecule has 0 saturated heterocycles. The number of hydrogen-bond donors (Lipinski definition) is 0. The van der Waals surface area contributed by atoms with Crippen molar-refractivity contribution in [3.63, 3.8) is 0 Å². The second-order valence-corrected chi connectivity index (χ2v) is 5.02. The molecule has 0 amide bonds. The lowest BCUT2D eigenvalue weighted by Crippen LogP contribution is -2.04. The summed E-state index contributed by atoms with van der Waals surface area (Å²) >= 11 is 0. The molecule has 0 bridgehead atoms. The predicted octanol–water partition coefficient (Wildman–Crippen LogP) is 3.32. The number of carbonyl (C=O) groups excluding carboxylic acids is 1. The Bertz CT molecular complexity index is 754. The van der Waals surface area contributed by atoms with Crippen LogP contribution in [0.5, 0.6) is 0 Å². The summed E-state index contributed by atoms with van der Waals surface area (Å²) in [5.41, 5.74) is 0.783. The Labute approximate surface area is 114 Å². The minimum Gasteiger partial charge on any atom is -0.453 e. The Balaban J connectivity index is 1.72. The summed E-state index contributed by atoms with van der Waals surface area (Å²) < 4.78 is 10.9. The van der Waals surface area contributed by atoms with Gasteiger partial charge in [0.15, 0.2) is 5.76 Å². The van der Waals surface area contributed by atoms with Crippen molar-refractivity contribution in [1.82, 2.24) is 10.1 Å². The van der Waals surface area contributed by atoms with Gasteiger partial charge in [-0.1, -0.05) is 23.4 Å². The van der Waals surface area contributed by atoms with Gasteiger partial charge >= 0.3 is 0 Å². The van der Waals surface area contributed by atoms with Crippen LogP contribution in [0.15, 0.2) is 39.3 Å². The number of carbonyl (C=O) groups is 1. The highest BCUT2D eigenvalue weighted by Gasteiger charge is 2.31. The molecule has 4 rings (SSSR count). The molecule has 0 N–H and O–H groups in total. The molecule has 100 valence electrons. The third-order valence-corrected chi connectivity index (χ3v) is 3.69. The van der Waals surface area contributed by atoms with E-state index in [4.69, 9.17) is 8.94 Å². The number of nitrogens with zero attached hydrogens (tertiary/aromatic N) is 2. The van der Waals surface area contributed by atoms with Crippen LogP contribution in [0, 0.1) is 0 Å². The molecule has 3 aromatic rings. The van der Waals surface area contributed by atoms with Crippen LogP contribution >= 0.6 is 0 Å². The number of rotatable bonds is 2. The van der Waals surface area contributed by atoms with Gasteiger partial charge < -0.3 is 8.94 Å². The lowest BCUT2D eigenvalue weighted by molar-refractivity contribution is -0.119. The van der Waals surface area contributed by atoms with Crippen molar-refractivity contribution in [2.45, 2.75) is 25.2 Å². The lowest BCUT2D eigenvalue weighted by Gasteiger charge is -1.98. The predicted molar refractivity (Wildman–Crippen MR) is 71.1 cm³/mol. The minimum absolute atomic E-state index is 0.185. The average Bonchev–Trinajstić information content (AvgIpc) is 3.15. The molecule has 2 aromatic heterocycles. The number of furan rings is 1. The van der Waals surface area contributed by atoms with Crippen LogP contribution < -0.4 is 0 Å². The van der Waals surface area contributed by atoms with Crippen LogP contribution in [0.4, 0.5) is 0 Å². The molecule has 1 fully saturated rings. The van der Waals surface area contributed by atoms with Gasteiger partial charge in [-0.15, -0.1) is 0 Å². The molecule has 1 aromatic carbocycles. The van der Waals surface area contributed by atoms with E-state index >= 15 is 0 Å². The standard InChI is InChI=1S/C15H12N2O3/c18-11-6-3-5-10(11)15-16-14(17-20-15)13-8-9-4-1-2-7-12(9)19-13/h1-2,4,7-8,10H,3,5-6H2. The van der Waals surface area contributed by atoms with E-state index in [1.54, 1.807) is 0 Å². The van der Waals surface area contributed by atoms with E-state index in [0.717, 1.165) is 23.8 Å². The monoisotopic (exact) mass is 268 g/mol. The summed E-state index contributed by atoms with van der Waals surface area (Å²) in [4.78, 5) is 16.0. The maximum absolute atomic E-state index is 11.7. The van der Waals surface area contributed by atoms with Gasteiger partial charge in [-0.2, -0.15) is 4.98 Å². The highest BCUT2D eigenvalue weighted by molar-refractivity contribution is 5.86. The molecule has 0 spiro atoms. The van der Waals surface area contributed by atoms with Crippen LogP contribution in [0.2, 0.25) is 0 Å². The molecule has 0 radical (unpaired) electrons. The Hall–Kier alpha value is -2.43. The number of para-hydroxylation sites is 1. The quantitative estimate of drug-likeness (QED) is 0.713. The van der Waals surface area contributed by atoms with Crippen molar-refractivity contribution in [2.24, 2.45) is 0 Å². The maximum Gasteiger partial charge on any atom is 0.238 e. The van der Waals surface area contributed by atoms with Crippen molar-refractivity contribution >= 4 is 16.8 Å². The zero-order valence-corrected chi connectivity index (χ0v) is 10.7. The van der Waals surface area contributed by atoms with Crippen molar-refractivity contribution in [3.8, 4) is 11.6 Å². The molecule has 20 heavy (non-hydrogen) atoms. The van der Waals surface area contributed by atoms with Crippen LogP contribution in [0.1, 0.15) is 31.1 Å². The fourth-order valence-electron chi connectivity index (χ4n) is 2.65. The summed E-state index contributed by atoms with van der Waals surface area (Å²) in [5, 5.41) is 4.92. The summed E-state index contributed by atoms with van der Waals surface area (Å²) in [5.74, 6) is 1.32. The number of benzene rings is 1. The molecule has 2 heterocycles. The summed E-state index contributed by atoms with van der Waals surface area (Å²) in [6.45, 7) is 0. The third kappa shape index (κ3) is 1.74. The fourth-order valence-corrected chi connectivity index (χ4v) is 2.65. The Morgan fingerprint density at radius 3 is 2.95 bits per heavy atom. The number of ketones is 1. The van der Waals surface area contributed by atoms with Gasteiger partial charge in [0.25, 0.3) is 0 Å². The molecule has 5 heteroatoms. The SMILES string of the molecule is O=C1CCCC1c1nc(-c2cc3ccccc3o2)no1. The summed E-state index contributed by atoms with van der Waals surface area (Å²) in [6, 6.07) is 9.58. The normalized spacial score (nSPS) is 19.0. The Morgan fingerprint density at radius 2 is 2.15 bits per heavy atom. The third-order valence-electron chi connectivity index (χ3n) is 3.69. The van der Waals surface area contributed by atoms with Gasteiger partial charge in [-0.25, -0.2) is 0 Å². The molecule has 1 atom stereocenters. The van der Waals surface area contributed by atoms with E-state index in [2.05, 4.69) is 10.1 Å². The van der Waals surface area contributed by atoms with Crippen molar-refractivity contribution < 1.29 is 13.7 Å². The topological polar surface area (TPSA) is 69.1 Å². The van der Waals surface area contributed by atoms with Crippen molar-refractivity contribution in [2.75, 3.05) is 0 Å². The second kappa shape index (κ2) is 4.30. The molecule has 0 aliphatic heterocycles. The molecule has 1 saturated carbocycles. The van der Waals surface area contributed by atoms with Crippen molar-refractivity contribution in [1.29, 1.82) is 0 Å². The van der Waals surface area contributed by atoms with Gasteiger partial charge in [-0.3, -0.25) is 4.79 Å². The number of aromatic nitrogens is 2. The number of fused-ring (bicyclic) bond motifs is 1. The van der Waals surface area contributed by atoms with Gasteiger partial charge in [0.05, 0.1) is 5.92 Å². The minimum atomic E-state index is -0.236. The van der Waals surface area contributed by atoms with E-state index in [-0.39, 0.29) is 11.7 Å². The molecule has 1 unspecified atom stereocenters. The second-order valence-electron chi connectivity index (χ2n) is 5.02. The summed E-state index contributed by atoms with van der Waals surface area (Å²) in [6.07, 6.45) is 2.29. The van der Waals surface area contributed by atoms with E-state index in [1.807, 2.05) is 30.3 Å². The maximum atomic E-state index is 11.7. The highest BCUT2D eigenvalue weighted by Crippen LogP contribution is 2.32. The van der Waals surface area contributed by atoms with Gasteiger partial charge in [0.1, 0.15) is 11.4 Å². The van der Waals surface area contributed by atoms with Gasteiger partial charge in [0.2, 0.25) is 11.7 Å².